The zero-order valence-corrected chi connectivity index (χ0v) is 9.92. The average molecular weight is 219 g/mol. The normalized spacial score (nSPS) is 18.6. The number of halogens is 1. The average Bonchev–Trinajstić information content (AvgIpc) is 2.11. The van der Waals surface area contributed by atoms with Gasteiger partial charge in [0.2, 0.25) is 0 Å². The zero-order chi connectivity index (χ0) is 11.3. The van der Waals surface area contributed by atoms with E-state index < -0.39 is 12.2 Å². The van der Waals surface area contributed by atoms with Crippen molar-refractivity contribution in [1.29, 1.82) is 0 Å². The molecule has 0 bridgehead atoms. The van der Waals surface area contributed by atoms with E-state index >= 15 is 0 Å². The lowest BCUT2D eigenvalue weighted by atomic mass is 9.95. The number of hydrogen-bond acceptors (Lipinski definition) is 2. The van der Waals surface area contributed by atoms with Crippen LogP contribution in [0, 0.1) is 5.92 Å². The van der Waals surface area contributed by atoms with E-state index in [-0.39, 0.29) is 5.92 Å². The summed E-state index contributed by atoms with van der Waals surface area (Å²) >= 11 is 5.82. The van der Waals surface area contributed by atoms with Crippen LogP contribution in [0.15, 0.2) is 22.8 Å². The molecule has 0 saturated heterocycles. The van der Waals surface area contributed by atoms with Crippen molar-refractivity contribution in [1.82, 2.24) is 0 Å². The van der Waals surface area contributed by atoms with Crippen LogP contribution in [0.3, 0.4) is 0 Å². The molecule has 0 aromatic rings. The molecule has 0 amide bonds. The van der Waals surface area contributed by atoms with Gasteiger partial charge in [-0.15, -0.1) is 0 Å². The molecule has 2 N–H and O–H groups in total. The van der Waals surface area contributed by atoms with Gasteiger partial charge in [0.15, 0.2) is 0 Å². The second-order valence-corrected chi connectivity index (χ2v) is 4.24. The topological polar surface area (TPSA) is 40.5 Å². The van der Waals surface area contributed by atoms with Crippen LogP contribution in [0.1, 0.15) is 27.7 Å². The van der Waals surface area contributed by atoms with Crippen molar-refractivity contribution >= 4 is 11.6 Å². The van der Waals surface area contributed by atoms with E-state index in [1.165, 1.54) is 0 Å². The Hall–Kier alpha value is -0.310. The molecule has 0 spiro atoms. The lowest BCUT2D eigenvalue weighted by molar-refractivity contribution is 0.0137. The summed E-state index contributed by atoms with van der Waals surface area (Å²) < 4.78 is 0. The Morgan fingerprint density at radius 2 is 1.79 bits per heavy atom. The highest BCUT2D eigenvalue weighted by Crippen LogP contribution is 2.20. The van der Waals surface area contributed by atoms with E-state index in [4.69, 9.17) is 11.6 Å². The molecule has 14 heavy (non-hydrogen) atoms. The molecule has 2 unspecified atom stereocenters. The van der Waals surface area contributed by atoms with Crippen LogP contribution in [0.4, 0.5) is 0 Å². The van der Waals surface area contributed by atoms with E-state index in [9.17, 15) is 10.2 Å². The molecule has 3 heteroatoms. The first kappa shape index (κ1) is 13.7. The molecule has 0 aromatic carbocycles. The first-order chi connectivity index (χ1) is 6.41. The lowest BCUT2D eigenvalue weighted by Gasteiger charge is -2.22. The summed E-state index contributed by atoms with van der Waals surface area (Å²) in [5, 5.41) is 20.0. The third kappa shape index (κ3) is 3.82. The van der Waals surface area contributed by atoms with Crippen molar-refractivity contribution < 1.29 is 10.2 Å². The van der Waals surface area contributed by atoms with Crippen molar-refractivity contribution in [2.45, 2.75) is 39.9 Å². The summed E-state index contributed by atoms with van der Waals surface area (Å²) in [6.07, 6.45) is 1.81. The van der Waals surface area contributed by atoms with Gasteiger partial charge in [-0.25, -0.2) is 0 Å². The van der Waals surface area contributed by atoms with Crippen molar-refractivity contribution in [3.8, 4) is 0 Å². The van der Waals surface area contributed by atoms with E-state index in [1.54, 1.807) is 19.1 Å². The third-order valence-corrected chi connectivity index (χ3v) is 2.29. The molecule has 0 fully saturated rings. The maximum atomic E-state index is 9.81. The smallest absolute Gasteiger partial charge is 0.106 e. The minimum Gasteiger partial charge on any atom is -0.390 e. The number of rotatable bonds is 4. The molecular weight excluding hydrogens is 200 g/mol. The fraction of sp³-hybridized carbons (Fsp3) is 0.636. The highest BCUT2D eigenvalue weighted by molar-refractivity contribution is 6.29. The van der Waals surface area contributed by atoms with Gasteiger partial charge in [-0.2, -0.15) is 0 Å². The summed E-state index contributed by atoms with van der Waals surface area (Å²) in [5.41, 5.74) is 0.579. The minimum absolute atomic E-state index is 0.00118. The molecule has 82 valence electrons. The molecule has 2 nitrogen and oxygen atoms in total. The largest absolute Gasteiger partial charge is 0.390 e. The first-order valence-corrected chi connectivity index (χ1v) is 5.14. The van der Waals surface area contributed by atoms with Gasteiger partial charge in [-0.1, -0.05) is 37.6 Å². The van der Waals surface area contributed by atoms with Crippen LogP contribution in [-0.4, -0.2) is 22.4 Å². The van der Waals surface area contributed by atoms with Crippen LogP contribution in [-0.2, 0) is 0 Å². The lowest BCUT2D eigenvalue weighted by Crippen LogP contribution is -2.32. The van der Waals surface area contributed by atoms with E-state index in [2.05, 4.69) is 0 Å². The van der Waals surface area contributed by atoms with Crippen LogP contribution in [0.5, 0.6) is 0 Å². The molecule has 0 aliphatic heterocycles. The van der Waals surface area contributed by atoms with Crippen LogP contribution >= 0.6 is 11.6 Å². The van der Waals surface area contributed by atoms with Crippen molar-refractivity contribution in [2.75, 3.05) is 0 Å². The standard InChI is InChI=1S/C11H19ClO2/c1-5-6-9(8(4)12)11(14)10(13)7(2)3/h5-7,10-11,13-14H,1-4H3. The van der Waals surface area contributed by atoms with Gasteiger partial charge >= 0.3 is 0 Å². The molecular formula is C11H19ClO2. The van der Waals surface area contributed by atoms with Crippen molar-refractivity contribution in [3.63, 3.8) is 0 Å². The highest BCUT2D eigenvalue weighted by Gasteiger charge is 2.23. The third-order valence-electron chi connectivity index (χ3n) is 2.07. The zero-order valence-electron chi connectivity index (χ0n) is 9.16. The predicted molar refractivity (Wildman–Crippen MR) is 60.2 cm³/mol. The van der Waals surface area contributed by atoms with Gasteiger partial charge in [-0.05, 0) is 25.3 Å². The number of allylic oxidation sites excluding steroid dienone is 2. The summed E-state index contributed by atoms with van der Waals surface area (Å²) in [6, 6.07) is 0. The van der Waals surface area contributed by atoms with Gasteiger partial charge in [0.1, 0.15) is 6.10 Å². The quantitative estimate of drug-likeness (QED) is 0.712. The first-order valence-electron chi connectivity index (χ1n) is 4.76. The molecule has 0 radical (unpaired) electrons. The number of aliphatic hydroxyl groups is 2. The molecule has 0 aliphatic carbocycles. The van der Waals surface area contributed by atoms with E-state index in [0.717, 1.165) is 0 Å². The molecule has 0 heterocycles. The summed E-state index contributed by atoms with van der Waals surface area (Å²) in [6.45, 7) is 7.25. The Labute approximate surface area is 90.9 Å². The summed E-state index contributed by atoms with van der Waals surface area (Å²) in [7, 11) is 0. The fourth-order valence-corrected chi connectivity index (χ4v) is 1.32. The van der Waals surface area contributed by atoms with Crippen molar-refractivity contribution in [2.24, 2.45) is 5.92 Å². The minimum atomic E-state index is -0.913. The predicted octanol–water partition coefficient (Wildman–Crippen LogP) is 2.45. The maximum Gasteiger partial charge on any atom is 0.106 e. The Morgan fingerprint density at radius 3 is 2.07 bits per heavy atom. The summed E-state index contributed by atoms with van der Waals surface area (Å²) in [4.78, 5) is 0. The molecule has 0 aromatic heterocycles. The Bertz CT molecular complexity index is 227. The maximum absolute atomic E-state index is 9.81. The summed E-state index contributed by atoms with van der Waals surface area (Å²) in [5.74, 6) is 0.00118. The van der Waals surface area contributed by atoms with Crippen LogP contribution in [0.25, 0.3) is 0 Å². The Balaban J connectivity index is 4.79. The molecule has 0 aliphatic rings. The van der Waals surface area contributed by atoms with Gasteiger partial charge in [-0.3, -0.25) is 0 Å². The molecule has 0 saturated carbocycles. The molecule has 2 atom stereocenters. The number of hydrogen-bond donors (Lipinski definition) is 2. The van der Waals surface area contributed by atoms with Gasteiger partial charge in [0, 0.05) is 5.03 Å². The number of aliphatic hydroxyl groups excluding tert-OH is 2. The van der Waals surface area contributed by atoms with E-state index in [0.29, 0.717) is 10.6 Å². The Morgan fingerprint density at radius 1 is 1.29 bits per heavy atom. The van der Waals surface area contributed by atoms with Gasteiger partial charge in [0.05, 0.1) is 6.10 Å². The van der Waals surface area contributed by atoms with Crippen LogP contribution < -0.4 is 0 Å². The fourth-order valence-electron chi connectivity index (χ4n) is 1.15. The second-order valence-electron chi connectivity index (χ2n) is 3.67. The van der Waals surface area contributed by atoms with Gasteiger partial charge in [0.25, 0.3) is 0 Å². The highest BCUT2D eigenvalue weighted by atomic mass is 35.5. The Kier molecular flexibility index (Phi) is 6.09. The molecule has 0 rings (SSSR count). The SMILES string of the molecule is CC=CC(=C(C)Cl)C(O)C(O)C(C)C. The van der Waals surface area contributed by atoms with Crippen molar-refractivity contribution in [3.05, 3.63) is 22.8 Å². The van der Waals surface area contributed by atoms with Gasteiger partial charge < -0.3 is 10.2 Å². The van der Waals surface area contributed by atoms with E-state index in [1.807, 2.05) is 20.8 Å². The van der Waals surface area contributed by atoms with Crippen LogP contribution in [0.2, 0.25) is 0 Å². The second kappa shape index (κ2) is 6.23. The monoisotopic (exact) mass is 218 g/mol.